The monoisotopic (exact) mass is 494 g/mol. The summed E-state index contributed by atoms with van der Waals surface area (Å²) in [6, 6.07) is 8.05. The Morgan fingerprint density at radius 2 is 1.81 bits per heavy atom. The van der Waals surface area contributed by atoms with E-state index in [1.54, 1.807) is 23.3 Å². The molecule has 6 rings (SSSR count). The zero-order chi connectivity index (χ0) is 25.4. The van der Waals surface area contributed by atoms with Crippen molar-refractivity contribution >= 4 is 17.3 Å². The number of fused-ring (bicyclic) bond motifs is 2. The highest BCUT2D eigenvalue weighted by Gasteiger charge is 2.38. The molecule has 0 bridgehead atoms. The molecule has 1 atom stereocenters. The van der Waals surface area contributed by atoms with Gasteiger partial charge in [0.05, 0.1) is 24.7 Å². The number of carbonyl (C=O) groups is 1. The fourth-order valence-electron chi connectivity index (χ4n) is 4.54. The van der Waals surface area contributed by atoms with Crippen molar-refractivity contribution in [3.05, 3.63) is 85.7 Å². The van der Waals surface area contributed by atoms with Gasteiger partial charge in [0.15, 0.2) is 5.54 Å². The molecule has 37 heavy (non-hydrogen) atoms. The number of hydrogen-bond donors (Lipinski definition) is 1. The van der Waals surface area contributed by atoms with Crippen molar-refractivity contribution in [2.24, 2.45) is 0 Å². The van der Waals surface area contributed by atoms with E-state index in [9.17, 15) is 4.79 Å². The number of rotatable bonds is 8. The second-order valence-electron chi connectivity index (χ2n) is 9.18. The Kier molecular flexibility index (Phi) is 5.56. The van der Waals surface area contributed by atoms with E-state index in [2.05, 4.69) is 20.3 Å². The summed E-state index contributed by atoms with van der Waals surface area (Å²) in [4.78, 5) is 22.4. The van der Waals surface area contributed by atoms with Gasteiger partial charge in [0.1, 0.15) is 11.3 Å². The van der Waals surface area contributed by atoms with Gasteiger partial charge < -0.3 is 13.5 Å². The lowest BCUT2D eigenvalue weighted by atomic mass is 9.95. The van der Waals surface area contributed by atoms with Crippen LogP contribution in [0, 0.1) is 0 Å². The van der Waals surface area contributed by atoms with E-state index >= 15 is 0 Å². The topological polar surface area (TPSA) is 107 Å². The van der Waals surface area contributed by atoms with E-state index < -0.39 is 5.54 Å². The standard InChI is InChI=1S/C27H26N8O2/c1-3-37-26(36)27(2,35-17-22(16-31-35)20-5-9-33-11-8-28-24(33)12-20)7-4-23-18-34-10-6-19(13-25(34)32-23)21-14-29-30-15-21/h5-6,8-18H,3-4,7H2,1-2H3,(H,29,30). The molecule has 0 spiro atoms. The molecule has 0 aliphatic carbocycles. The molecule has 1 unspecified atom stereocenters. The predicted octanol–water partition coefficient (Wildman–Crippen LogP) is 4.15. The Morgan fingerprint density at radius 3 is 2.62 bits per heavy atom. The van der Waals surface area contributed by atoms with Gasteiger partial charge in [-0.1, -0.05) is 0 Å². The molecule has 6 aromatic heterocycles. The average molecular weight is 495 g/mol. The number of esters is 1. The number of carbonyl (C=O) groups excluding carboxylic acids is 1. The highest BCUT2D eigenvalue weighted by atomic mass is 16.5. The van der Waals surface area contributed by atoms with Crippen LogP contribution in [0.4, 0.5) is 0 Å². The average Bonchev–Trinajstić information content (AvgIpc) is 3.72. The zero-order valence-corrected chi connectivity index (χ0v) is 20.6. The number of aromatic nitrogens is 8. The normalized spacial score (nSPS) is 13.2. The highest BCUT2D eigenvalue weighted by Crippen LogP contribution is 2.28. The van der Waals surface area contributed by atoms with Crippen LogP contribution in [-0.2, 0) is 21.5 Å². The number of pyridine rings is 2. The lowest BCUT2D eigenvalue weighted by molar-refractivity contribution is -0.154. The van der Waals surface area contributed by atoms with Crippen LogP contribution in [0.3, 0.4) is 0 Å². The minimum absolute atomic E-state index is 0.296. The largest absolute Gasteiger partial charge is 0.464 e. The minimum Gasteiger partial charge on any atom is -0.464 e. The summed E-state index contributed by atoms with van der Waals surface area (Å²) in [5.41, 5.74) is 5.49. The van der Waals surface area contributed by atoms with Crippen molar-refractivity contribution in [3.8, 4) is 22.3 Å². The number of hydrogen-bond acceptors (Lipinski definition) is 6. The van der Waals surface area contributed by atoms with Gasteiger partial charge >= 0.3 is 5.97 Å². The zero-order valence-electron chi connectivity index (χ0n) is 20.6. The molecular formula is C27H26N8O2. The summed E-state index contributed by atoms with van der Waals surface area (Å²) in [7, 11) is 0. The van der Waals surface area contributed by atoms with Crippen molar-refractivity contribution in [2.75, 3.05) is 6.61 Å². The number of nitrogens with zero attached hydrogens (tertiary/aromatic N) is 7. The first kappa shape index (κ1) is 22.7. The lowest BCUT2D eigenvalue weighted by Gasteiger charge is -2.27. The van der Waals surface area contributed by atoms with Crippen LogP contribution in [0.2, 0.25) is 0 Å². The van der Waals surface area contributed by atoms with Crippen LogP contribution < -0.4 is 0 Å². The summed E-state index contributed by atoms with van der Waals surface area (Å²) >= 11 is 0. The van der Waals surface area contributed by atoms with Crippen molar-refractivity contribution in [1.82, 2.24) is 38.7 Å². The number of aromatic amines is 1. The van der Waals surface area contributed by atoms with E-state index in [0.29, 0.717) is 19.4 Å². The molecule has 1 N–H and O–H groups in total. The van der Waals surface area contributed by atoms with Gasteiger partial charge in [-0.2, -0.15) is 10.2 Å². The number of H-pyrrole nitrogens is 1. The maximum absolute atomic E-state index is 13.2. The molecule has 0 aromatic carbocycles. The lowest BCUT2D eigenvalue weighted by Crippen LogP contribution is -2.41. The van der Waals surface area contributed by atoms with Crippen LogP contribution in [0.5, 0.6) is 0 Å². The highest BCUT2D eigenvalue weighted by molar-refractivity contribution is 5.78. The molecule has 10 heteroatoms. The van der Waals surface area contributed by atoms with Gasteiger partial charge in [-0.05, 0) is 62.1 Å². The van der Waals surface area contributed by atoms with E-state index in [0.717, 1.165) is 39.2 Å². The van der Waals surface area contributed by atoms with Crippen molar-refractivity contribution in [1.29, 1.82) is 0 Å². The number of imidazole rings is 2. The van der Waals surface area contributed by atoms with Crippen LogP contribution in [0.1, 0.15) is 26.0 Å². The van der Waals surface area contributed by atoms with E-state index in [1.165, 1.54) is 0 Å². The molecule has 0 saturated heterocycles. The minimum atomic E-state index is -0.997. The van der Waals surface area contributed by atoms with Gasteiger partial charge in [0.25, 0.3) is 0 Å². The molecular weight excluding hydrogens is 468 g/mol. The SMILES string of the molecule is CCOC(=O)C(C)(CCc1cn2ccc(-c3cn[nH]c3)cc2n1)n1cc(-c2ccn3ccnc3c2)cn1. The molecule has 0 radical (unpaired) electrons. The van der Waals surface area contributed by atoms with E-state index in [-0.39, 0.29) is 5.97 Å². The van der Waals surface area contributed by atoms with Crippen LogP contribution in [0.25, 0.3) is 33.5 Å². The van der Waals surface area contributed by atoms with Gasteiger partial charge in [-0.15, -0.1) is 0 Å². The summed E-state index contributed by atoms with van der Waals surface area (Å²) in [6.45, 7) is 3.98. The maximum atomic E-state index is 13.2. The Balaban J connectivity index is 1.27. The van der Waals surface area contributed by atoms with Gasteiger partial charge in [-0.25, -0.2) is 14.8 Å². The predicted molar refractivity (Wildman–Crippen MR) is 138 cm³/mol. The Bertz CT molecular complexity index is 1690. The molecule has 0 fully saturated rings. The number of aryl methyl sites for hydroxylation is 1. The molecule has 0 aliphatic heterocycles. The second kappa shape index (κ2) is 9.05. The summed E-state index contributed by atoms with van der Waals surface area (Å²) in [5.74, 6) is -0.320. The van der Waals surface area contributed by atoms with Crippen molar-refractivity contribution in [3.63, 3.8) is 0 Å². The Labute approximate surface area is 212 Å². The Hall–Kier alpha value is -4.73. The molecule has 10 nitrogen and oxygen atoms in total. The molecule has 0 saturated carbocycles. The third-order valence-corrected chi connectivity index (χ3v) is 6.74. The fraction of sp³-hybridized carbons (Fsp3) is 0.222. The number of nitrogens with one attached hydrogen (secondary N) is 1. The van der Waals surface area contributed by atoms with Gasteiger partial charge in [-0.3, -0.25) is 9.78 Å². The molecule has 0 aliphatic rings. The first-order chi connectivity index (χ1) is 18.0. The van der Waals surface area contributed by atoms with E-state index in [4.69, 9.17) is 9.72 Å². The smallest absolute Gasteiger partial charge is 0.333 e. The quantitative estimate of drug-likeness (QED) is 0.319. The Morgan fingerprint density at radius 1 is 1.00 bits per heavy atom. The van der Waals surface area contributed by atoms with Crippen LogP contribution >= 0.6 is 0 Å². The van der Waals surface area contributed by atoms with Gasteiger partial charge in [0, 0.05) is 54.5 Å². The molecule has 0 amide bonds. The summed E-state index contributed by atoms with van der Waals surface area (Å²) in [5, 5.41) is 11.4. The fourth-order valence-corrected chi connectivity index (χ4v) is 4.54. The maximum Gasteiger partial charge on any atom is 0.333 e. The summed E-state index contributed by atoms with van der Waals surface area (Å²) in [6.07, 6.45) is 18.0. The third kappa shape index (κ3) is 4.16. The molecule has 6 aromatic rings. The van der Waals surface area contributed by atoms with Crippen molar-refractivity contribution < 1.29 is 9.53 Å². The first-order valence-corrected chi connectivity index (χ1v) is 12.2. The van der Waals surface area contributed by atoms with Gasteiger partial charge in [0.2, 0.25) is 0 Å². The second-order valence-corrected chi connectivity index (χ2v) is 9.18. The third-order valence-electron chi connectivity index (χ3n) is 6.74. The van der Waals surface area contributed by atoms with Crippen molar-refractivity contribution in [2.45, 2.75) is 32.2 Å². The number of ether oxygens (including phenoxy) is 1. The molecule has 6 heterocycles. The molecule has 186 valence electrons. The first-order valence-electron chi connectivity index (χ1n) is 12.2. The van der Waals surface area contributed by atoms with Crippen LogP contribution in [0.15, 0.2) is 80.0 Å². The summed E-state index contributed by atoms with van der Waals surface area (Å²) < 4.78 is 11.1. The van der Waals surface area contributed by atoms with E-state index in [1.807, 2.05) is 84.1 Å². The van der Waals surface area contributed by atoms with Crippen LogP contribution in [-0.4, -0.2) is 51.3 Å².